The van der Waals surface area contributed by atoms with Crippen LogP contribution in [0.5, 0.6) is 0 Å². The number of alkyl halides is 1. The zero-order valence-electron chi connectivity index (χ0n) is 24.1. The first kappa shape index (κ1) is 30.9. The summed E-state index contributed by atoms with van der Waals surface area (Å²) in [5.41, 5.74) is 7.15. The maximum Gasteiger partial charge on any atom is 0.169 e. The van der Waals surface area contributed by atoms with E-state index in [0.29, 0.717) is 53.2 Å². The average Bonchev–Trinajstić information content (AvgIpc) is 3.46. The van der Waals surface area contributed by atoms with Crippen LogP contribution in [0.2, 0.25) is 0 Å². The van der Waals surface area contributed by atoms with Crippen molar-refractivity contribution in [2.45, 2.75) is 97.8 Å². The van der Waals surface area contributed by atoms with Crippen LogP contribution in [0, 0.1) is 23.2 Å². The third kappa shape index (κ3) is 7.51. The zero-order chi connectivity index (χ0) is 28.4. The Morgan fingerprint density at radius 2 is 1.97 bits per heavy atom. The molecule has 0 heterocycles. The molecule has 1 fully saturated rings. The zero-order valence-corrected chi connectivity index (χ0v) is 25.0. The highest BCUT2D eigenvalue weighted by molar-refractivity contribution is 7.87. The maximum atomic E-state index is 13.4. The summed E-state index contributed by atoms with van der Waals surface area (Å²) < 4.78 is 30.6. The topological polar surface area (TPSA) is 65.6 Å². The lowest BCUT2D eigenvalue weighted by Crippen LogP contribution is -2.20. The number of rotatable bonds is 12. The van der Waals surface area contributed by atoms with Crippen LogP contribution in [0.1, 0.15) is 115 Å². The molecule has 0 N–H and O–H groups in total. The molecule has 1 aromatic rings. The van der Waals surface area contributed by atoms with Gasteiger partial charge in [-0.15, -0.1) is 6.58 Å². The normalized spacial score (nSPS) is 21.9. The molecule has 0 spiro atoms. The third-order valence-corrected chi connectivity index (χ3v) is 9.69. The minimum atomic E-state index is -1.66. The molecule has 0 bridgehead atoms. The van der Waals surface area contributed by atoms with Crippen LogP contribution >= 0.6 is 0 Å². The molecule has 3 rings (SSSR count). The van der Waals surface area contributed by atoms with Crippen LogP contribution < -0.4 is 0 Å². The van der Waals surface area contributed by atoms with Gasteiger partial charge in [-0.3, -0.25) is 4.99 Å². The van der Waals surface area contributed by atoms with E-state index in [1.807, 2.05) is 13.0 Å². The van der Waals surface area contributed by atoms with Crippen molar-refractivity contribution in [2.24, 2.45) is 21.2 Å². The second-order valence-corrected chi connectivity index (χ2v) is 11.9. The molecule has 0 amide bonds. The second kappa shape index (κ2) is 15.2. The van der Waals surface area contributed by atoms with Crippen molar-refractivity contribution in [3.8, 4) is 6.07 Å². The predicted molar refractivity (Wildman–Crippen MR) is 164 cm³/mol. The Bertz CT molecular complexity index is 1210. The summed E-state index contributed by atoms with van der Waals surface area (Å²) in [5, 5.41) is 9.63. The van der Waals surface area contributed by atoms with E-state index in [4.69, 9.17) is 4.99 Å². The molecule has 4 nitrogen and oxygen atoms in total. The summed E-state index contributed by atoms with van der Waals surface area (Å²) in [4.78, 5) is 5.55. The van der Waals surface area contributed by atoms with Gasteiger partial charge in [-0.2, -0.15) is 9.66 Å². The molecule has 39 heavy (non-hydrogen) atoms. The fourth-order valence-electron chi connectivity index (χ4n) is 6.24. The van der Waals surface area contributed by atoms with Gasteiger partial charge in [0, 0.05) is 11.9 Å². The summed E-state index contributed by atoms with van der Waals surface area (Å²) in [6, 6.07) is 8.51. The molecule has 1 saturated carbocycles. The number of hydrogen-bond donors (Lipinski definition) is 0. The summed E-state index contributed by atoms with van der Waals surface area (Å²) in [6.07, 6.45) is 12.7. The van der Waals surface area contributed by atoms with Crippen molar-refractivity contribution >= 4 is 28.0 Å². The Morgan fingerprint density at radius 3 is 2.56 bits per heavy atom. The van der Waals surface area contributed by atoms with Gasteiger partial charge < -0.3 is 0 Å². The molecule has 210 valence electrons. The Labute approximate surface area is 237 Å². The number of nitrogens with zero attached hydrogens (tertiary/aromatic N) is 3. The Hall–Kier alpha value is -2.65. The summed E-state index contributed by atoms with van der Waals surface area (Å²) in [6.45, 7) is 11.6. The first-order valence-corrected chi connectivity index (χ1v) is 15.7. The number of fused-ring (bicyclic) bond motifs is 1. The highest BCUT2D eigenvalue weighted by atomic mass is 32.2. The van der Waals surface area contributed by atoms with Gasteiger partial charge in [0.2, 0.25) is 0 Å². The Kier molecular flexibility index (Phi) is 12.1. The fraction of sp³-hybridized carbons (Fsp3) is 0.545. The van der Waals surface area contributed by atoms with Gasteiger partial charge in [-0.25, -0.2) is 8.60 Å². The van der Waals surface area contributed by atoms with Gasteiger partial charge >= 0.3 is 0 Å². The molecule has 2 aliphatic rings. The van der Waals surface area contributed by atoms with E-state index in [1.165, 1.54) is 48.0 Å². The van der Waals surface area contributed by atoms with E-state index >= 15 is 0 Å². The minimum Gasteiger partial charge on any atom is -0.260 e. The van der Waals surface area contributed by atoms with Crippen molar-refractivity contribution in [1.29, 1.82) is 5.26 Å². The van der Waals surface area contributed by atoms with Crippen LogP contribution in [0.3, 0.4) is 0 Å². The Balaban J connectivity index is 2.10. The number of benzene rings is 1. The highest BCUT2D eigenvalue weighted by Crippen LogP contribution is 2.48. The molecule has 1 aromatic carbocycles. The van der Waals surface area contributed by atoms with Gasteiger partial charge in [0.25, 0.3) is 0 Å². The van der Waals surface area contributed by atoms with Gasteiger partial charge in [-0.1, -0.05) is 65.5 Å². The molecule has 2 aliphatic carbocycles. The number of hydrogen-bond acceptors (Lipinski definition) is 3. The molecule has 6 heteroatoms. The quantitative estimate of drug-likeness (QED) is 0.193. The summed E-state index contributed by atoms with van der Waals surface area (Å²) in [5.74, 6) is 1.51. The minimum absolute atomic E-state index is 0.300. The van der Waals surface area contributed by atoms with Gasteiger partial charge in [0.1, 0.15) is 6.67 Å². The molecule has 3 atom stereocenters. The number of nitriles is 1. The van der Waals surface area contributed by atoms with Gasteiger partial charge in [-0.05, 0) is 90.7 Å². The van der Waals surface area contributed by atoms with Crippen molar-refractivity contribution < 1.29 is 8.60 Å². The molecule has 0 aliphatic heterocycles. The van der Waals surface area contributed by atoms with E-state index in [2.05, 4.69) is 49.9 Å². The van der Waals surface area contributed by atoms with Crippen molar-refractivity contribution in [3.63, 3.8) is 0 Å². The largest absolute Gasteiger partial charge is 0.260 e. The molecule has 0 aromatic heterocycles. The van der Waals surface area contributed by atoms with Crippen LogP contribution in [-0.4, -0.2) is 22.3 Å². The van der Waals surface area contributed by atoms with Crippen LogP contribution in [0.4, 0.5) is 4.39 Å². The van der Waals surface area contributed by atoms with E-state index in [1.54, 1.807) is 12.3 Å². The molecular weight excluding hydrogens is 505 g/mol. The van der Waals surface area contributed by atoms with Crippen molar-refractivity contribution in [3.05, 3.63) is 64.2 Å². The molecule has 0 radical (unpaired) electrons. The lowest BCUT2D eigenvalue weighted by Gasteiger charge is -2.30. The first-order valence-electron chi connectivity index (χ1n) is 14.6. The SMILES string of the molecule is C=CCCC(CF)=NS(=O)/C(=C/N=C(CC)C1=C(CC)c2ccc(C#N)cc2C(C)C(C2CCCC2)C1)CC. The smallest absolute Gasteiger partial charge is 0.169 e. The fourth-order valence-corrected chi connectivity index (χ4v) is 7.12. The highest BCUT2D eigenvalue weighted by Gasteiger charge is 2.35. The molecule has 3 unspecified atom stereocenters. The van der Waals surface area contributed by atoms with Gasteiger partial charge in [0.05, 0.1) is 22.2 Å². The number of allylic oxidation sites excluding steroid dienone is 4. The standard InChI is InChI=1S/C33H44FN3OS/c1-6-10-15-26(20-34)37-39(38)27(7-2)22-36-33(9-4)32-19-30(25-13-11-12-14-25)23(5)31-18-24(21-35)16-17-29(31)28(32)8-3/h6,16-18,22-23,25,30H,1,7-15,19-20H2,2-5H3/b27-22+,36-33?,37-26?. The summed E-state index contributed by atoms with van der Waals surface area (Å²) >= 11 is 0. The summed E-state index contributed by atoms with van der Waals surface area (Å²) in [7, 11) is -1.66. The van der Waals surface area contributed by atoms with E-state index in [0.717, 1.165) is 25.0 Å². The third-order valence-electron chi connectivity index (χ3n) is 8.43. The predicted octanol–water partition coefficient (Wildman–Crippen LogP) is 9.18. The Morgan fingerprint density at radius 1 is 1.23 bits per heavy atom. The van der Waals surface area contributed by atoms with E-state index < -0.39 is 17.7 Å². The van der Waals surface area contributed by atoms with Crippen LogP contribution in [-0.2, 0) is 11.0 Å². The number of halogens is 1. The van der Waals surface area contributed by atoms with Crippen molar-refractivity contribution in [1.82, 2.24) is 0 Å². The lowest BCUT2D eigenvalue weighted by atomic mass is 9.75. The number of aliphatic imine (C=N–C) groups is 1. The second-order valence-electron chi connectivity index (χ2n) is 10.7. The monoisotopic (exact) mass is 549 g/mol. The van der Waals surface area contributed by atoms with Crippen LogP contribution in [0.25, 0.3) is 5.57 Å². The molecular formula is C33H44FN3OS. The molecule has 0 saturated heterocycles. The first-order chi connectivity index (χ1) is 18.9. The van der Waals surface area contributed by atoms with E-state index in [-0.39, 0.29) is 0 Å². The van der Waals surface area contributed by atoms with Crippen molar-refractivity contribution in [2.75, 3.05) is 6.67 Å². The van der Waals surface area contributed by atoms with Crippen LogP contribution in [0.15, 0.2) is 56.9 Å². The lowest BCUT2D eigenvalue weighted by molar-refractivity contribution is 0.296. The average molecular weight is 550 g/mol. The van der Waals surface area contributed by atoms with Gasteiger partial charge in [0.15, 0.2) is 11.0 Å². The van der Waals surface area contributed by atoms with E-state index in [9.17, 15) is 13.9 Å². The maximum absolute atomic E-state index is 13.4.